The molecule has 1 aromatic rings. The lowest BCUT2D eigenvalue weighted by Gasteiger charge is -2.05. The molecular weight excluding hydrogens is 264 g/mol. The van der Waals surface area contributed by atoms with E-state index < -0.39 is 27.5 Å². The molecule has 0 aliphatic heterocycles. The molecule has 1 aromatic carbocycles. The SMILES string of the molecule is Cc1ccc(S(=O)(=O)NCC(=O)O)cc1[N+](=O)[O-]. The Morgan fingerprint density at radius 2 is 2.11 bits per heavy atom. The smallest absolute Gasteiger partial charge is 0.318 e. The lowest BCUT2D eigenvalue weighted by Crippen LogP contribution is -2.29. The molecule has 1 rings (SSSR count). The van der Waals surface area contributed by atoms with Gasteiger partial charge in [0.25, 0.3) is 5.69 Å². The molecule has 0 amide bonds. The summed E-state index contributed by atoms with van der Waals surface area (Å²) in [4.78, 5) is 19.9. The molecule has 0 heterocycles. The highest BCUT2D eigenvalue weighted by Crippen LogP contribution is 2.21. The van der Waals surface area contributed by atoms with E-state index in [9.17, 15) is 23.3 Å². The molecule has 0 saturated heterocycles. The van der Waals surface area contributed by atoms with E-state index in [1.165, 1.54) is 19.1 Å². The van der Waals surface area contributed by atoms with Gasteiger partial charge in [-0.05, 0) is 13.0 Å². The minimum absolute atomic E-state index is 0.317. The van der Waals surface area contributed by atoms with Crippen molar-refractivity contribution in [3.05, 3.63) is 33.9 Å². The number of nitro groups is 1. The summed E-state index contributed by atoms with van der Waals surface area (Å²) in [5.74, 6) is -1.35. The largest absolute Gasteiger partial charge is 0.480 e. The van der Waals surface area contributed by atoms with Crippen molar-refractivity contribution < 1.29 is 23.2 Å². The Kier molecular flexibility index (Phi) is 3.99. The van der Waals surface area contributed by atoms with E-state index in [-0.39, 0.29) is 10.6 Å². The standard InChI is InChI=1S/C9H10N2O6S/c1-6-2-3-7(4-8(6)11(14)15)18(16,17)10-5-9(12)13/h2-4,10H,5H2,1H3,(H,12,13). The molecule has 0 saturated carbocycles. The zero-order chi connectivity index (χ0) is 13.9. The Morgan fingerprint density at radius 3 is 2.61 bits per heavy atom. The first kappa shape index (κ1) is 14.1. The lowest BCUT2D eigenvalue weighted by atomic mass is 10.2. The summed E-state index contributed by atoms with van der Waals surface area (Å²) in [6.45, 7) is 0.684. The number of benzene rings is 1. The Labute approximate surface area is 102 Å². The Hall–Kier alpha value is -2.00. The molecule has 18 heavy (non-hydrogen) atoms. The Morgan fingerprint density at radius 1 is 1.50 bits per heavy atom. The normalized spacial score (nSPS) is 11.2. The number of nitro benzene ring substituents is 1. The third kappa shape index (κ3) is 3.25. The van der Waals surface area contributed by atoms with Crippen LogP contribution in [0.25, 0.3) is 0 Å². The second kappa shape index (κ2) is 5.10. The van der Waals surface area contributed by atoms with Crippen molar-refractivity contribution in [2.24, 2.45) is 0 Å². The number of nitrogens with one attached hydrogen (secondary N) is 1. The fraction of sp³-hybridized carbons (Fsp3) is 0.222. The van der Waals surface area contributed by atoms with Crippen molar-refractivity contribution in [3.8, 4) is 0 Å². The number of aliphatic carboxylic acids is 1. The molecule has 0 unspecified atom stereocenters. The molecule has 0 radical (unpaired) electrons. The monoisotopic (exact) mass is 274 g/mol. The number of sulfonamides is 1. The zero-order valence-corrected chi connectivity index (χ0v) is 10.1. The molecule has 0 aliphatic carbocycles. The predicted octanol–water partition coefficient (Wildman–Crippen LogP) is 0.266. The number of nitrogens with zero attached hydrogens (tertiary/aromatic N) is 1. The first-order valence-corrected chi connectivity index (χ1v) is 6.19. The second-order valence-electron chi connectivity index (χ2n) is 3.42. The van der Waals surface area contributed by atoms with Gasteiger partial charge < -0.3 is 5.11 Å². The van der Waals surface area contributed by atoms with E-state index in [4.69, 9.17) is 5.11 Å². The van der Waals surface area contributed by atoms with Crippen LogP contribution >= 0.6 is 0 Å². The van der Waals surface area contributed by atoms with Gasteiger partial charge in [0.1, 0.15) is 6.54 Å². The molecule has 0 aliphatic rings. The first-order valence-electron chi connectivity index (χ1n) is 4.70. The Balaban J connectivity index is 3.14. The van der Waals surface area contributed by atoms with E-state index in [0.717, 1.165) is 6.07 Å². The van der Waals surface area contributed by atoms with Gasteiger partial charge in [-0.15, -0.1) is 0 Å². The van der Waals surface area contributed by atoms with Crippen LogP contribution in [0.4, 0.5) is 5.69 Å². The fourth-order valence-electron chi connectivity index (χ4n) is 1.19. The number of aryl methyl sites for hydroxylation is 1. The number of hydrogen-bond donors (Lipinski definition) is 2. The van der Waals surface area contributed by atoms with Crippen LogP contribution in [0.5, 0.6) is 0 Å². The first-order chi connectivity index (χ1) is 8.24. The van der Waals surface area contributed by atoms with Crippen LogP contribution in [0.3, 0.4) is 0 Å². The quantitative estimate of drug-likeness (QED) is 0.586. The van der Waals surface area contributed by atoms with Crippen LogP contribution in [-0.2, 0) is 14.8 Å². The highest BCUT2D eigenvalue weighted by Gasteiger charge is 2.20. The Bertz CT molecular complexity index is 595. The van der Waals surface area contributed by atoms with Gasteiger partial charge in [0.2, 0.25) is 10.0 Å². The molecule has 0 bridgehead atoms. The van der Waals surface area contributed by atoms with Crippen LogP contribution in [-0.4, -0.2) is 31.0 Å². The van der Waals surface area contributed by atoms with Gasteiger partial charge in [0.05, 0.1) is 9.82 Å². The molecule has 0 spiro atoms. The number of carbonyl (C=O) groups is 1. The lowest BCUT2D eigenvalue weighted by molar-refractivity contribution is -0.385. The van der Waals surface area contributed by atoms with E-state index in [2.05, 4.69) is 0 Å². The van der Waals surface area contributed by atoms with Crippen molar-refractivity contribution in [2.75, 3.05) is 6.54 Å². The summed E-state index contributed by atoms with van der Waals surface area (Å²) in [6.07, 6.45) is 0. The maximum Gasteiger partial charge on any atom is 0.318 e. The summed E-state index contributed by atoms with van der Waals surface area (Å²) in [5, 5.41) is 19.0. The number of carboxylic acid groups (broad SMARTS) is 1. The number of hydrogen-bond acceptors (Lipinski definition) is 5. The summed E-state index contributed by atoms with van der Waals surface area (Å²) in [5.41, 5.74) is -0.0228. The zero-order valence-electron chi connectivity index (χ0n) is 9.28. The molecule has 2 N–H and O–H groups in total. The van der Waals surface area contributed by atoms with Gasteiger partial charge in [-0.3, -0.25) is 14.9 Å². The maximum absolute atomic E-state index is 11.6. The highest BCUT2D eigenvalue weighted by molar-refractivity contribution is 7.89. The van der Waals surface area contributed by atoms with E-state index >= 15 is 0 Å². The highest BCUT2D eigenvalue weighted by atomic mass is 32.2. The van der Waals surface area contributed by atoms with E-state index in [1.807, 2.05) is 4.72 Å². The minimum Gasteiger partial charge on any atom is -0.480 e. The van der Waals surface area contributed by atoms with Gasteiger partial charge in [0, 0.05) is 11.6 Å². The van der Waals surface area contributed by atoms with Gasteiger partial charge >= 0.3 is 5.97 Å². The fourth-order valence-corrected chi connectivity index (χ4v) is 2.19. The average Bonchev–Trinajstić information content (AvgIpc) is 2.26. The van der Waals surface area contributed by atoms with Crippen LogP contribution in [0, 0.1) is 17.0 Å². The van der Waals surface area contributed by atoms with Crippen molar-refractivity contribution in [1.29, 1.82) is 0 Å². The van der Waals surface area contributed by atoms with Crippen molar-refractivity contribution >= 4 is 21.7 Å². The van der Waals surface area contributed by atoms with Gasteiger partial charge in [-0.25, -0.2) is 8.42 Å². The molecule has 0 atom stereocenters. The average molecular weight is 274 g/mol. The van der Waals surface area contributed by atoms with E-state index in [1.54, 1.807) is 0 Å². The van der Waals surface area contributed by atoms with Gasteiger partial charge in [0.15, 0.2) is 0 Å². The predicted molar refractivity (Wildman–Crippen MR) is 60.7 cm³/mol. The molecule has 9 heteroatoms. The molecular formula is C9H10N2O6S. The summed E-state index contributed by atoms with van der Waals surface area (Å²) >= 11 is 0. The molecule has 0 fully saturated rings. The second-order valence-corrected chi connectivity index (χ2v) is 5.19. The van der Waals surface area contributed by atoms with Crippen LogP contribution in [0.1, 0.15) is 5.56 Å². The number of carboxylic acids is 1. The summed E-state index contributed by atoms with van der Waals surface area (Å²) in [7, 11) is -4.06. The molecule has 8 nitrogen and oxygen atoms in total. The van der Waals surface area contributed by atoms with Crippen LogP contribution < -0.4 is 4.72 Å². The van der Waals surface area contributed by atoms with Gasteiger partial charge in [-0.1, -0.05) is 6.07 Å². The summed E-state index contributed by atoms with van der Waals surface area (Å²) in [6, 6.07) is 3.35. The topological polar surface area (TPSA) is 127 Å². The van der Waals surface area contributed by atoms with Crippen molar-refractivity contribution in [1.82, 2.24) is 4.72 Å². The minimum atomic E-state index is -4.06. The van der Waals surface area contributed by atoms with Crippen molar-refractivity contribution in [2.45, 2.75) is 11.8 Å². The summed E-state index contributed by atoms with van der Waals surface area (Å²) < 4.78 is 25.1. The third-order valence-electron chi connectivity index (χ3n) is 2.10. The van der Waals surface area contributed by atoms with Gasteiger partial charge in [-0.2, -0.15) is 4.72 Å². The molecule has 0 aromatic heterocycles. The van der Waals surface area contributed by atoms with E-state index in [0.29, 0.717) is 5.56 Å². The molecule has 98 valence electrons. The maximum atomic E-state index is 11.6. The number of rotatable bonds is 5. The third-order valence-corrected chi connectivity index (χ3v) is 3.50. The van der Waals surface area contributed by atoms with Crippen LogP contribution in [0.2, 0.25) is 0 Å². The van der Waals surface area contributed by atoms with Crippen molar-refractivity contribution in [3.63, 3.8) is 0 Å². The van der Waals surface area contributed by atoms with Crippen LogP contribution in [0.15, 0.2) is 23.1 Å².